The third kappa shape index (κ3) is 3.26. The van der Waals surface area contributed by atoms with Crippen LogP contribution in [-0.4, -0.2) is 46.1 Å². The Labute approximate surface area is 115 Å². The molecule has 106 valence electrons. The predicted octanol–water partition coefficient (Wildman–Crippen LogP) is 1.48. The molecule has 1 aliphatic rings. The van der Waals surface area contributed by atoms with E-state index in [2.05, 4.69) is 0 Å². The first-order valence-corrected chi connectivity index (χ1v) is 7.78. The SMILES string of the molecule is CN(C)S(=O)(=O)N(CC1CCCO1)c1ccccc1. The summed E-state index contributed by atoms with van der Waals surface area (Å²) in [6.07, 6.45) is 1.89. The zero-order valence-electron chi connectivity index (χ0n) is 11.3. The molecule has 0 radical (unpaired) electrons. The van der Waals surface area contributed by atoms with Gasteiger partial charge >= 0.3 is 10.2 Å². The summed E-state index contributed by atoms with van der Waals surface area (Å²) in [6.45, 7) is 1.08. The number of ether oxygens (including phenoxy) is 1. The highest BCUT2D eigenvalue weighted by molar-refractivity contribution is 7.90. The number of para-hydroxylation sites is 1. The van der Waals surface area contributed by atoms with E-state index in [-0.39, 0.29) is 6.10 Å². The second-order valence-electron chi connectivity index (χ2n) is 4.79. The molecule has 1 aromatic rings. The van der Waals surface area contributed by atoms with Crippen LogP contribution in [0.25, 0.3) is 0 Å². The molecule has 1 heterocycles. The van der Waals surface area contributed by atoms with Gasteiger partial charge in [-0.3, -0.25) is 4.31 Å². The van der Waals surface area contributed by atoms with Gasteiger partial charge in [-0.25, -0.2) is 0 Å². The summed E-state index contributed by atoms with van der Waals surface area (Å²) < 4.78 is 33.0. The summed E-state index contributed by atoms with van der Waals surface area (Å²) in [5.41, 5.74) is 0.673. The van der Waals surface area contributed by atoms with Gasteiger partial charge in [-0.2, -0.15) is 12.7 Å². The summed E-state index contributed by atoms with van der Waals surface area (Å²) in [5, 5.41) is 0. The van der Waals surface area contributed by atoms with Crippen LogP contribution < -0.4 is 4.31 Å². The monoisotopic (exact) mass is 284 g/mol. The highest BCUT2D eigenvalue weighted by atomic mass is 32.2. The third-order valence-electron chi connectivity index (χ3n) is 3.18. The van der Waals surface area contributed by atoms with E-state index in [1.165, 1.54) is 8.61 Å². The maximum Gasteiger partial charge on any atom is 0.303 e. The maximum atomic E-state index is 12.4. The lowest BCUT2D eigenvalue weighted by Gasteiger charge is -2.29. The van der Waals surface area contributed by atoms with Gasteiger partial charge in [-0.15, -0.1) is 0 Å². The van der Waals surface area contributed by atoms with E-state index in [1.807, 2.05) is 18.2 Å². The summed E-state index contributed by atoms with van der Waals surface area (Å²) in [4.78, 5) is 0. The molecule has 0 bridgehead atoms. The molecular weight excluding hydrogens is 264 g/mol. The third-order valence-corrected chi connectivity index (χ3v) is 5.02. The van der Waals surface area contributed by atoms with Crippen molar-refractivity contribution in [1.82, 2.24) is 4.31 Å². The average Bonchev–Trinajstić information content (AvgIpc) is 2.89. The number of nitrogens with zero attached hydrogens (tertiary/aromatic N) is 2. The molecule has 0 amide bonds. The standard InChI is InChI=1S/C13H20N2O3S/c1-14(2)19(16,17)15(11-13-9-6-10-18-13)12-7-4-3-5-8-12/h3-5,7-8,13H,6,9-11H2,1-2H3. The molecular formula is C13H20N2O3S. The highest BCUT2D eigenvalue weighted by Gasteiger charge is 2.29. The Kier molecular flexibility index (Phi) is 4.44. The van der Waals surface area contributed by atoms with E-state index in [9.17, 15) is 8.42 Å². The van der Waals surface area contributed by atoms with Crippen molar-refractivity contribution in [3.63, 3.8) is 0 Å². The largest absolute Gasteiger partial charge is 0.376 e. The fourth-order valence-corrected chi connectivity index (χ4v) is 3.23. The molecule has 1 aliphatic heterocycles. The van der Waals surface area contributed by atoms with Crippen LogP contribution in [0.4, 0.5) is 5.69 Å². The summed E-state index contributed by atoms with van der Waals surface area (Å²) in [6, 6.07) is 9.15. The molecule has 19 heavy (non-hydrogen) atoms. The van der Waals surface area contributed by atoms with Crippen molar-refractivity contribution in [1.29, 1.82) is 0 Å². The van der Waals surface area contributed by atoms with Crippen molar-refractivity contribution >= 4 is 15.9 Å². The van der Waals surface area contributed by atoms with E-state index < -0.39 is 10.2 Å². The molecule has 0 N–H and O–H groups in total. The summed E-state index contributed by atoms with van der Waals surface area (Å²) in [5.74, 6) is 0. The van der Waals surface area contributed by atoms with Crippen molar-refractivity contribution in [3.8, 4) is 0 Å². The van der Waals surface area contributed by atoms with Crippen LogP contribution in [0.15, 0.2) is 30.3 Å². The minimum absolute atomic E-state index is 0.0186. The molecule has 2 rings (SSSR count). The van der Waals surface area contributed by atoms with E-state index >= 15 is 0 Å². The van der Waals surface area contributed by atoms with Crippen LogP contribution in [0.2, 0.25) is 0 Å². The molecule has 0 spiro atoms. The molecule has 0 aromatic heterocycles. The van der Waals surface area contributed by atoms with Gasteiger partial charge in [-0.1, -0.05) is 18.2 Å². The van der Waals surface area contributed by atoms with Crippen LogP contribution in [-0.2, 0) is 14.9 Å². The van der Waals surface area contributed by atoms with Gasteiger partial charge in [-0.05, 0) is 25.0 Å². The van der Waals surface area contributed by atoms with Crippen molar-refractivity contribution < 1.29 is 13.2 Å². The Hall–Kier alpha value is -1.11. The zero-order chi connectivity index (χ0) is 13.9. The number of hydrogen-bond donors (Lipinski definition) is 0. The number of rotatable bonds is 5. The molecule has 1 aromatic carbocycles. The van der Waals surface area contributed by atoms with Gasteiger partial charge in [0.25, 0.3) is 0 Å². The second kappa shape index (κ2) is 5.90. The lowest BCUT2D eigenvalue weighted by Crippen LogP contribution is -2.44. The van der Waals surface area contributed by atoms with Crippen molar-refractivity contribution in [2.24, 2.45) is 0 Å². The van der Waals surface area contributed by atoms with Crippen LogP contribution in [0.1, 0.15) is 12.8 Å². The molecule has 0 saturated carbocycles. The van der Waals surface area contributed by atoms with Crippen LogP contribution in [0, 0.1) is 0 Å². The first kappa shape index (κ1) is 14.3. The Morgan fingerprint density at radius 1 is 1.26 bits per heavy atom. The highest BCUT2D eigenvalue weighted by Crippen LogP contribution is 2.22. The number of anilines is 1. The van der Waals surface area contributed by atoms with Crippen molar-refractivity contribution in [2.75, 3.05) is 31.6 Å². The molecule has 0 aliphatic carbocycles. The van der Waals surface area contributed by atoms with Crippen LogP contribution in [0.3, 0.4) is 0 Å². The average molecular weight is 284 g/mol. The topological polar surface area (TPSA) is 49.9 Å². The quantitative estimate of drug-likeness (QED) is 0.823. The lowest BCUT2D eigenvalue weighted by atomic mass is 10.2. The van der Waals surface area contributed by atoms with E-state index in [4.69, 9.17) is 4.74 Å². The van der Waals surface area contributed by atoms with E-state index in [0.717, 1.165) is 19.4 Å². The van der Waals surface area contributed by atoms with Gasteiger partial charge in [0.1, 0.15) is 0 Å². The first-order chi connectivity index (χ1) is 9.01. The molecule has 5 nitrogen and oxygen atoms in total. The molecule has 1 saturated heterocycles. The van der Waals surface area contributed by atoms with Crippen molar-refractivity contribution in [2.45, 2.75) is 18.9 Å². The minimum Gasteiger partial charge on any atom is -0.376 e. The normalized spacial score (nSPS) is 19.8. The van der Waals surface area contributed by atoms with Gasteiger partial charge in [0.05, 0.1) is 18.3 Å². The Bertz CT molecular complexity index is 496. The van der Waals surface area contributed by atoms with Crippen LogP contribution >= 0.6 is 0 Å². The van der Waals surface area contributed by atoms with Crippen molar-refractivity contribution in [3.05, 3.63) is 30.3 Å². The lowest BCUT2D eigenvalue weighted by molar-refractivity contribution is 0.118. The van der Waals surface area contributed by atoms with Crippen LogP contribution in [0.5, 0.6) is 0 Å². The molecule has 1 fully saturated rings. The number of benzene rings is 1. The molecule has 1 atom stereocenters. The summed E-state index contributed by atoms with van der Waals surface area (Å²) in [7, 11) is -0.408. The fraction of sp³-hybridized carbons (Fsp3) is 0.538. The Balaban J connectivity index is 2.28. The Morgan fingerprint density at radius 3 is 2.47 bits per heavy atom. The first-order valence-electron chi connectivity index (χ1n) is 6.38. The molecule has 1 unspecified atom stereocenters. The fourth-order valence-electron chi connectivity index (χ4n) is 2.10. The van der Waals surface area contributed by atoms with Gasteiger partial charge in [0, 0.05) is 20.7 Å². The molecule has 6 heteroatoms. The maximum absolute atomic E-state index is 12.4. The second-order valence-corrected chi connectivity index (χ2v) is 6.86. The summed E-state index contributed by atoms with van der Waals surface area (Å²) >= 11 is 0. The van der Waals surface area contributed by atoms with Gasteiger partial charge in [0.15, 0.2) is 0 Å². The minimum atomic E-state index is -3.49. The van der Waals surface area contributed by atoms with Gasteiger partial charge < -0.3 is 4.74 Å². The smallest absolute Gasteiger partial charge is 0.303 e. The van der Waals surface area contributed by atoms with Gasteiger partial charge in [0.2, 0.25) is 0 Å². The zero-order valence-corrected chi connectivity index (χ0v) is 12.1. The predicted molar refractivity (Wildman–Crippen MR) is 75.4 cm³/mol. The van der Waals surface area contributed by atoms with E-state index in [0.29, 0.717) is 12.2 Å². The van der Waals surface area contributed by atoms with E-state index in [1.54, 1.807) is 26.2 Å². The number of hydrogen-bond acceptors (Lipinski definition) is 3. The Morgan fingerprint density at radius 2 is 1.95 bits per heavy atom.